The summed E-state index contributed by atoms with van der Waals surface area (Å²) in [5.74, 6) is -0.216. The molecule has 0 radical (unpaired) electrons. The van der Waals surface area contributed by atoms with Gasteiger partial charge in [0.15, 0.2) is 0 Å². The van der Waals surface area contributed by atoms with E-state index in [1.807, 2.05) is 6.92 Å². The molecule has 7 nitrogen and oxygen atoms in total. The lowest BCUT2D eigenvalue weighted by atomic mass is 10.2. The number of hydrogen-bond acceptors (Lipinski definition) is 5. The second-order valence-corrected chi connectivity index (χ2v) is 4.93. The molecule has 0 aliphatic heterocycles. The molecule has 22 heavy (non-hydrogen) atoms. The monoisotopic (exact) mass is 293 g/mol. The van der Waals surface area contributed by atoms with Crippen molar-refractivity contribution in [2.75, 3.05) is 5.32 Å². The van der Waals surface area contributed by atoms with E-state index in [0.29, 0.717) is 17.0 Å². The van der Waals surface area contributed by atoms with Crippen LogP contribution in [0.3, 0.4) is 0 Å². The van der Waals surface area contributed by atoms with Crippen molar-refractivity contribution in [3.8, 4) is 0 Å². The Balaban J connectivity index is 1.65. The fourth-order valence-electron chi connectivity index (χ4n) is 2.29. The predicted octanol–water partition coefficient (Wildman–Crippen LogP) is 2.66. The fourth-order valence-corrected chi connectivity index (χ4v) is 2.29. The number of anilines is 1. The zero-order chi connectivity index (χ0) is 15.1. The normalized spacial score (nSPS) is 11.1. The van der Waals surface area contributed by atoms with Crippen molar-refractivity contribution in [2.24, 2.45) is 0 Å². The third kappa shape index (κ3) is 1.99. The number of nitrogens with zero attached hydrogens (tertiary/aromatic N) is 3. The highest BCUT2D eigenvalue weighted by Gasteiger charge is 2.11. The van der Waals surface area contributed by atoms with Crippen LogP contribution < -0.4 is 5.32 Å². The lowest BCUT2D eigenvalue weighted by Crippen LogP contribution is -2.11. The molecule has 108 valence electrons. The Labute approximate surface area is 124 Å². The molecule has 3 heterocycles. The number of pyridine rings is 1. The molecule has 1 amide bonds. The molecule has 4 rings (SSSR count). The Bertz CT molecular complexity index is 1000. The molecule has 0 unspecified atom stereocenters. The highest BCUT2D eigenvalue weighted by Crippen LogP contribution is 2.20. The zero-order valence-electron chi connectivity index (χ0n) is 11.6. The first kappa shape index (κ1) is 12.5. The lowest BCUT2D eigenvalue weighted by molar-refractivity contribution is 0.102. The predicted molar refractivity (Wildman–Crippen MR) is 80.6 cm³/mol. The van der Waals surface area contributed by atoms with Crippen LogP contribution in [0.15, 0.2) is 41.3 Å². The maximum Gasteiger partial charge on any atom is 0.258 e. The van der Waals surface area contributed by atoms with Crippen LogP contribution in [0.2, 0.25) is 0 Å². The van der Waals surface area contributed by atoms with Crippen molar-refractivity contribution in [3.05, 3.63) is 48.0 Å². The summed E-state index contributed by atoms with van der Waals surface area (Å²) >= 11 is 0. The Morgan fingerprint density at radius 1 is 1.27 bits per heavy atom. The Morgan fingerprint density at radius 3 is 3.09 bits per heavy atom. The molecule has 4 aromatic rings. The van der Waals surface area contributed by atoms with E-state index in [9.17, 15) is 4.79 Å². The number of rotatable bonds is 2. The SMILES string of the molecule is Cc1noc2ncc(NC(=O)c3ccc4nc[nH]c4c3)cc12. The van der Waals surface area contributed by atoms with E-state index in [-0.39, 0.29) is 5.91 Å². The minimum Gasteiger partial charge on any atom is -0.345 e. The number of aryl methyl sites for hydroxylation is 1. The molecule has 1 aromatic carbocycles. The average Bonchev–Trinajstić information content (AvgIpc) is 3.13. The molecule has 7 heteroatoms. The first-order valence-corrected chi connectivity index (χ1v) is 6.67. The van der Waals surface area contributed by atoms with E-state index in [1.165, 1.54) is 0 Å². The van der Waals surface area contributed by atoms with Gasteiger partial charge in [0, 0.05) is 5.56 Å². The molecule has 0 atom stereocenters. The molecule has 0 saturated carbocycles. The van der Waals surface area contributed by atoms with Crippen LogP contribution in [-0.2, 0) is 0 Å². The van der Waals surface area contributed by atoms with Gasteiger partial charge in [0.1, 0.15) is 0 Å². The highest BCUT2D eigenvalue weighted by atomic mass is 16.5. The van der Waals surface area contributed by atoms with E-state index in [4.69, 9.17) is 4.52 Å². The van der Waals surface area contributed by atoms with Gasteiger partial charge in [-0.05, 0) is 31.2 Å². The van der Waals surface area contributed by atoms with Crippen LogP contribution in [0.5, 0.6) is 0 Å². The molecule has 0 fully saturated rings. The van der Waals surface area contributed by atoms with Crippen LogP contribution in [-0.4, -0.2) is 26.0 Å². The van der Waals surface area contributed by atoms with Gasteiger partial charge < -0.3 is 14.8 Å². The smallest absolute Gasteiger partial charge is 0.258 e. The minimum atomic E-state index is -0.216. The van der Waals surface area contributed by atoms with Crippen LogP contribution in [0, 0.1) is 6.92 Å². The second kappa shape index (κ2) is 4.66. The van der Waals surface area contributed by atoms with Gasteiger partial charge in [0.25, 0.3) is 11.6 Å². The number of benzene rings is 1. The van der Waals surface area contributed by atoms with Gasteiger partial charge in [-0.3, -0.25) is 4.79 Å². The first-order chi connectivity index (χ1) is 10.7. The standard InChI is InChI=1S/C15H11N5O2/c1-8-11-5-10(6-16-15(11)22-20-8)19-14(21)9-2-3-12-13(4-9)18-7-17-12/h2-7H,1H3,(H,17,18)(H,19,21). The summed E-state index contributed by atoms with van der Waals surface area (Å²) in [6, 6.07) is 7.08. The molecule has 0 spiro atoms. The molecule has 2 N–H and O–H groups in total. The quantitative estimate of drug-likeness (QED) is 0.592. The molecule has 0 aliphatic rings. The molecule has 0 saturated heterocycles. The zero-order valence-corrected chi connectivity index (χ0v) is 11.6. The Hall–Kier alpha value is -3.22. The minimum absolute atomic E-state index is 0.216. The number of carbonyl (C=O) groups excluding carboxylic acids is 1. The molecule has 0 aliphatic carbocycles. The maximum absolute atomic E-state index is 12.3. The summed E-state index contributed by atoms with van der Waals surface area (Å²) in [6.07, 6.45) is 3.14. The number of fused-ring (bicyclic) bond motifs is 2. The van der Waals surface area contributed by atoms with E-state index < -0.39 is 0 Å². The van der Waals surface area contributed by atoms with Crippen molar-refractivity contribution >= 4 is 33.7 Å². The summed E-state index contributed by atoms with van der Waals surface area (Å²) < 4.78 is 5.05. The Morgan fingerprint density at radius 2 is 2.18 bits per heavy atom. The summed E-state index contributed by atoms with van der Waals surface area (Å²) in [4.78, 5) is 23.6. The van der Waals surface area contributed by atoms with Crippen LogP contribution in [0.25, 0.3) is 22.1 Å². The van der Waals surface area contributed by atoms with E-state index in [2.05, 4.69) is 25.4 Å². The molecule has 0 bridgehead atoms. The number of aromatic nitrogens is 4. The highest BCUT2D eigenvalue weighted by molar-refractivity contribution is 6.06. The summed E-state index contributed by atoms with van der Waals surface area (Å²) in [5.41, 5.74) is 3.95. The van der Waals surface area contributed by atoms with Crippen LogP contribution >= 0.6 is 0 Å². The fraction of sp³-hybridized carbons (Fsp3) is 0.0667. The maximum atomic E-state index is 12.3. The Kier molecular flexibility index (Phi) is 2.65. The lowest BCUT2D eigenvalue weighted by Gasteiger charge is -2.04. The van der Waals surface area contributed by atoms with Crippen molar-refractivity contribution in [3.63, 3.8) is 0 Å². The topological polar surface area (TPSA) is 96.7 Å². The van der Waals surface area contributed by atoms with Gasteiger partial charge in [-0.2, -0.15) is 0 Å². The number of imidazole rings is 1. The summed E-state index contributed by atoms with van der Waals surface area (Å²) in [5, 5.41) is 7.44. The summed E-state index contributed by atoms with van der Waals surface area (Å²) in [6.45, 7) is 1.82. The van der Waals surface area contributed by atoms with Gasteiger partial charge in [-0.15, -0.1) is 0 Å². The number of hydrogen-bond donors (Lipinski definition) is 2. The van der Waals surface area contributed by atoms with E-state index in [0.717, 1.165) is 22.1 Å². The van der Waals surface area contributed by atoms with E-state index in [1.54, 1.807) is 36.8 Å². The second-order valence-electron chi connectivity index (χ2n) is 4.93. The first-order valence-electron chi connectivity index (χ1n) is 6.67. The van der Waals surface area contributed by atoms with Crippen molar-refractivity contribution in [2.45, 2.75) is 6.92 Å². The third-order valence-corrected chi connectivity index (χ3v) is 3.45. The number of carbonyl (C=O) groups is 1. The summed E-state index contributed by atoms with van der Waals surface area (Å²) in [7, 11) is 0. The van der Waals surface area contributed by atoms with Gasteiger partial charge >= 0.3 is 0 Å². The van der Waals surface area contributed by atoms with Gasteiger partial charge in [0.05, 0.1) is 40.3 Å². The number of H-pyrrole nitrogens is 1. The number of nitrogens with one attached hydrogen (secondary N) is 2. The molecule has 3 aromatic heterocycles. The third-order valence-electron chi connectivity index (χ3n) is 3.45. The average molecular weight is 293 g/mol. The van der Waals surface area contributed by atoms with Gasteiger partial charge in [0.2, 0.25) is 0 Å². The largest absolute Gasteiger partial charge is 0.345 e. The van der Waals surface area contributed by atoms with Gasteiger partial charge in [-0.25, -0.2) is 9.97 Å². The van der Waals surface area contributed by atoms with Crippen LogP contribution in [0.4, 0.5) is 5.69 Å². The number of aromatic amines is 1. The molecular formula is C15H11N5O2. The number of amides is 1. The van der Waals surface area contributed by atoms with Gasteiger partial charge in [-0.1, -0.05) is 5.16 Å². The van der Waals surface area contributed by atoms with Crippen molar-refractivity contribution in [1.82, 2.24) is 20.1 Å². The van der Waals surface area contributed by atoms with Crippen LogP contribution in [0.1, 0.15) is 16.1 Å². The van der Waals surface area contributed by atoms with Crippen molar-refractivity contribution < 1.29 is 9.32 Å². The van der Waals surface area contributed by atoms with Crippen molar-refractivity contribution in [1.29, 1.82) is 0 Å². The molecular weight excluding hydrogens is 282 g/mol. The van der Waals surface area contributed by atoms with E-state index >= 15 is 0 Å².